The first kappa shape index (κ1) is 21.8. The number of benzene rings is 2. The number of carbonyl (C=O) groups is 2. The minimum Gasteiger partial charge on any atom is -0.374 e. The Morgan fingerprint density at radius 1 is 1.13 bits per heavy atom. The number of nitrogens with one attached hydrogen (secondary N) is 2. The van der Waals surface area contributed by atoms with Gasteiger partial charge in [-0.3, -0.25) is 19.9 Å². The van der Waals surface area contributed by atoms with Crippen molar-refractivity contribution in [3.8, 4) is 0 Å². The van der Waals surface area contributed by atoms with E-state index >= 15 is 0 Å². The molecule has 2 aromatic carbocycles. The van der Waals surface area contributed by atoms with Gasteiger partial charge in [-0.2, -0.15) is 0 Å². The SMILES string of the molecule is NNC(=O)c1cccc(CC(=O)NC[C@H]2CN(Cc3ccc(F)c(F)c3)CCO2)c1. The van der Waals surface area contributed by atoms with Gasteiger partial charge in [0.05, 0.1) is 19.1 Å². The minimum absolute atomic E-state index is 0.122. The monoisotopic (exact) mass is 418 g/mol. The van der Waals surface area contributed by atoms with Crippen molar-refractivity contribution < 1.29 is 23.1 Å². The summed E-state index contributed by atoms with van der Waals surface area (Å²) < 4.78 is 32.2. The maximum Gasteiger partial charge on any atom is 0.265 e. The number of hydrazine groups is 1. The molecule has 4 N–H and O–H groups in total. The number of amides is 2. The lowest BCUT2D eigenvalue weighted by Gasteiger charge is -2.33. The predicted octanol–water partition coefficient (Wildman–Crippen LogP) is 1.13. The number of rotatable bonds is 7. The van der Waals surface area contributed by atoms with Gasteiger partial charge in [-0.05, 0) is 35.4 Å². The van der Waals surface area contributed by atoms with Gasteiger partial charge < -0.3 is 10.1 Å². The van der Waals surface area contributed by atoms with Crippen molar-refractivity contribution in [2.75, 3.05) is 26.2 Å². The van der Waals surface area contributed by atoms with Crippen LogP contribution in [0.5, 0.6) is 0 Å². The lowest BCUT2D eigenvalue weighted by atomic mass is 10.1. The Balaban J connectivity index is 1.47. The van der Waals surface area contributed by atoms with Gasteiger partial charge in [0, 0.05) is 31.7 Å². The summed E-state index contributed by atoms with van der Waals surface area (Å²) in [5.74, 6) is 2.78. The fourth-order valence-corrected chi connectivity index (χ4v) is 3.33. The van der Waals surface area contributed by atoms with Gasteiger partial charge in [0.25, 0.3) is 5.91 Å². The Bertz CT molecular complexity index is 910. The van der Waals surface area contributed by atoms with Gasteiger partial charge in [-0.1, -0.05) is 18.2 Å². The van der Waals surface area contributed by atoms with Crippen LogP contribution < -0.4 is 16.6 Å². The summed E-state index contributed by atoms with van der Waals surface area (Å²) in [6.07, 6.45) is -0.0842. The number of carbonyl (C=O) groups excluding carboxylic acids is 2. The highest BCUT2D eigenvalue weighted by atomic mass is 19.2. The Hall–Kier alpha value is -2.88. The van der Waals surface area contributed by atoms with Gasteiger partial charge in [0.1, 0.15) is 0 Å². The van der Waals surface area contributed by atoms with Gasteiger partial charge in [-0.25, -0.2) is 14.6 Å². The Labute approximate surface area is 173 Å². The van der Waals surface area contributed by atoms with E-state index in [4.69, 9.17) is 10.6 Å². The smallest absolute Gasteiger partial charge is 0.265 e. The molecule has 1 heterocycles. The Morgan fingerprint density at radius 3 is 2.73 bits per heavy atom. The summed E-state index contributed by atoms with van der Waals surface area (Å²) in [6.45, 7) is 2.52. The summed E-state index contributed by atoms with van der Waals surface area (Å²) >= 11 is 0. The van der Waals surface area contributed by atoms with E-state index in [1.54, 1.807) is 30.3 Å². The standard InChI is InChI=1S/C21H24F2N4O3/c22-18-5-4-15(9-19(18)23)12-27-6-7-30-17(13-27)11-25-20(28)10-14-2-1-3-16(8-14)21(29)26-24/h1-5,8-9,17H,6-7,10-13,24H2,(H,25,28)(H,26,29)/t17-/m0/s1. The molecule has 2 amide bonds. The number of morpholine rings is 1. The number of nitrogen functional groups attached to an aromatic ring is 1. The van der Waals surface area contributed by atoms with E-state index in [1.165, 1.54) is 6.07 Å². The highest BCUT2D eigenvalue weighted by molar-refractivity contribution is 5.94. The predicted molar refractivity (Wildman–Crippen MR) is 106 cm³/mol. The molecule has 0 radical (unpaired) electrons. The molecule has 1 atom stereocenters. The van der Waals surface area contributed by atoms with Gasteiger partial charge in [-0.15, -0.1) is 0 Å². The lowest BCUT2D eigenvalue weighted by molar-refractivity contribution is -0.121. The zero-order valence-electron chi connectivity index (χ0n) is 16.4. The molecule has 0 aliphatic carbocycles. The van der Waals surface area contributed by atoms with Crippen LogP contribution in [0.4, 0.5) is 8.78 Å². The molecular formula is C21H24F2N4O3. The quantitative estimate of drug-likeness (QED) is 0.356. The third-order valence-electron chi connectivity index (χ3n) is 4.82. The molecule has 160 valence electrons. The topological polar surface area (TPSA) is 96.7 Å². The van der Waals surface area contributed by atoms with Gasteiger partial charge >= 0.3 is 0 Å². The molecule has 1 saturated heterocycles. The van der Waals surface area contributed by atoms with E-state index in [1.807, 2.05) is 0 Å². The highest BCUT2D eigenvalue weighted by Crippen LogP contribution is 2.14. The summed E-state index contributed by atoms with van der Waals surface area (Å²) in [7, 11) is 0. The van der Waals surface area contributed by atoms with Crippen LogP contribution in [0.2, 0.25) is 0 Å². The molecule has 1 fully saturated rings. The molecule has 0 aromatic heterocycles. The van der Waals surface area contributed by atoms with E-state index < -0.39 is 17.5 Å². The largest absolute Gasteiger partial charge is 0.374 e. The zero-order chi connectivity index (χ0) is 21.5. The second-order valence-electron chi connectivity index (χ2n) is 7.13. The van der Waals surface area contributed by atoms with Crippen LogP contribution in [0.1, 0.15) is 21.5 Å². The highest BCUT2D eigenvalue weighted by Gasteiger charge is 2.21. The van der Waals surface area contributed by atoms with Crippen LogP contribution in [0.3, 0.4) is 0 Å². The minimum atomic E-state index is -0.865. The number of hydrogen-bond acceptors (Lipinski definition) is 5. The first-order valence-electron chi connectivity index (χ1n) is 9.59. The third-order valence-corrected chi connectivity index (χ3v) is 4.82. The number of nitrogens with zero attached hydrogens (tertiary/aromatic N) is 1. The van der Waals surface area contributed by atoms with E-state index in [0.717, 1.165) is 6.07 Å². The van der Waals surface area contributed by atoms with Gasteiger partial charge in [0.15, 0.2) is 11.6 Å². The van der Waals surface area contributed by atoms with Crippen LogP contribution in [-0.2, 0) is 22.5 Å². The van der Waals surface area contributed by atoms with Crippen molar-refractivity contribution >= 4 is 11.8 Å². The molecule has 0 unspecified atom stereocenters. The van der Waals surface area contributed by atoms with Crippen LogP contribution in [-0.4, -0.2) is 49.1 Å². The molecule has 1 aliphatic heterocycles. The molecule has 3 rings (SSSR count). The first-order chi connectivity index (χ1) is 14.4. The number of nitrogens with two attached hydrogens (primary N) is 1. The van der Waals surface area contributed by atoms with Crippen molar-refractivity contribution in [1.29, 1.82) is 0 Å². The molecule has 0 bridgehead atoms. The number of ether oxygens (including phenoxy) is 1. The molecule has 30 heavy (non-hydrogen) atoms. The average molecular weight is 418 g/mol. The van der Waals surface area contributed by atoms with Crippen LogP contribution in [0.15, 0.2) is 42.5 Å². The molecule has 2 aromatic rings. The van der Waals surface area contributed by atoms with Crippen molar-refractivity contribution in [3.63, 3.8) is 0 Å². The first-order valence-corrected chi connectivity index (χ1v) is 9.59. The normalized spacial score (nSPS) is 16.8. The second-order valence-corrected chi connectivity index (χ2v) is 7.13. The Kier molecular flexibility index (Phi) is 7.45. The summed E-state index contributed by atoms with van der Waals surface area (Å²) in [6, 6.07) is 10.5. The van der Waals surface area contributed by atoms with Crippen LogP contribution in [0, 0.1) is 11.6 Å². The molecule has 0 spiro atoms. The average Bonchev–Trinajstić information content (AvgIpc) is 2.75. The fraction of sp³-hybridized carbons (Fsp3) is 0.333. The van der Waals surface area contributed by atoms with E-state index in [0.29, 0.717) is 49.5 Å². The van der Waals surface area contributed by atoms with Gasteiger partial charge in [0.2, 0.25) is 5.91 Å². The maximum absolute atomic E-state index is 13.4. The van der Waals surface area contributed by atoms with E-state index in [-0.39, 0.29) is 18.4 Å². The fourth-order valence-electron chi connectivity index (χ4n) is 3.33. The molecular weight excluding hydrogens is 394 g/mol. The number of halogens is 2. The molecule has 0 saturated carbocycles. The van der Waals surface area contributed by atoms with E-state index in [2.05, 4.69) is 15.6 Å². The van der Waals surface area contributed by atoms with Crippen LogP contribution in [0.25, 0.3) is 0 Å². The van der Waals surface area contributed by atoms with Crippen molar-refractivity contribution in [2.45, 2.75) is 19.1 Å². The van der Waals surface area contributed by atoms with Crippen molar-refractivity contribution in [1.82, 2.24) is 15.6 Å². The third kappa shape index (κ3) is 6.06. The molecule has 1 aliphatic rings. The lowest BCUT2D eigenvalue weighted by Crippen LogP contribution is -2.47. The van der Waals surface area contributed by atoms with Crippen molar-refractivity contribution in [2.24, 2.45) is 5.84 Å². The van der Waals surface area contributed by atoms with E-state index in [9.17, 15) is 18.4 Å². The molecule has 9 heteroatoms. The Morgan fingerprint density at radius 2 is 1.97 bits per heavy atom. The second kappa shape index (κ2) is 10.2. The van der Waals surface area contributed by atoms with Crippen LogP contribution >= 0.6 is 0 Å². The summed E-state index contributed by atoms with van der Waals surface area (Å²) in [5.41, 5.74) is 3.81. The van der Waals surface area contributed by atoms with Crippen molar-refractivity contribution in [3.05, 3.63) is 70.8 Å². The number of hydrogen-bond donors (Lipinski definition) is 3. The summed E-state index contributed by atoms with van der Waals surface area (Å²) in [4.78, 5) is 25.9. The maximum atomic E-state index is 13.4. The summed E-state index contributed by atoms with van der Waals surface area (Å²) in [5, 5.41) is 2.84. The zero-order valence-corrected chi connectivity index (χ0v) is 16.4. The molecule has 7 nitrogen and oxygen atoms in total.